The zero-order valence-corrected chi connectivity index (χ0v) is 18.2. The number of hydrogen-bond donors (Lipinski definition) is 0. The van der Waals surface area contributed by atoms with Crippen molar-refractivity contribution in [1.82, 2.24) is 23.8 Å². The molecular formula is C23H29N5O3. The lowest BCUT2D eigenvalue weighted by Gasteiger charge is -2.27. The molecule has 0 spiro atoms. The van der Waals surface area contributed by atoms with Gasteiger partial charge < -0.3 is 4.90 Å². The smallest absolute Gasteiger partial charge is 0.332 e. The molecule has 0 atom stereocenters. The van der Waals surface area contributed by atoms with Gasteiger partial charge in [0.25, 0.3) is 5.56 Å². The van der Waals surface area contributed by atoms with Crippen molar-refractivity contribution in [3.8, 4) is 0 Å². The van der Waals surface area contributed by atoms with Crippen molar-refractivity contribution in [2.24, 2.45) is 0 Å². The summed E-state index contributed by atoms with van der Waals surface area (Å²) in [6.45, 7) is 5.82. The zero-order valence-electron chi connectivity index (χ0n) is 18.2. The third kappa shape index (κ3) is 4.06. The number of fused-ring (bicyclic) bond motifs is 1. The van der Waals surface area contributed by atoms with E-state index in [1.54, 1.807) is 11.6 Å². The average Bonchev–Trinajstić information content (AvgIpc) is 3.14. The van der Waals surface area contributed by atoms with Crippen LogP contribution in [0.3, 0.4) is 0 Å². The second kappa shape index (κ2) is 8.91. The Morgan fingerprint density at radius 3 is 2.39 bits per heavy atom. The van der Waals surface area contributed by atoms with Gasteiger partial charge in [0, 0.05) is 26.2 Å². The second-order valence-corrected chi connectivity index (χ2v) is 8.10. The Kier molecular flexibility index (Phi) is 6.06. The van der Waals surface area contributed by atoms with E-state index in [2.05, 4.69) is 5.10 Å². The summed E-state index contributed by atoms with van der Waals surface area (Å²) < 4.78 is 4.34. The maximum absolute atomic E-state index is 13.4. The van der Waals surface area contributed by atoms with Gasteiger partial charge in [0.05, 0.1) is 5.69 Å². The van der Waals surface area contributed by atoms with Gasteiger partial charge in [-0.25, -0.2) is 4.79 Å². The molecule has 0 unspecified atom stereocenters. The van der Waals surface area contributed by atoms with Crippen LogP contribution < -0.4 is 11.2 Å². The largest absolute Gasteiger partial charge is 0.341 e. The molecule has 0 radical (unpaired) electrons. The first-order chi connectivity index (χ1) is 15.0. The predicted molar refractivity (Wildman–Crippen MR) is 119 cm³/mol. The molecule has 0 saturated carbocycles. The number of amides is 1. The lowest BCUT2D eigenvalue weighted by Crippen LogP contribution is -2.45. The molecule has 1 aromatic carbocycles. The average molecular weight is 424 g/mol. The van der Waals surface area contributed by atoms with E-state index in [0.717, 1.165) is 37.9 Å². The molecule has 0 aliphatic carbocycles. The highest BCUT2D eigenvalue weighted by atomic mass is 16.2. The van der Waals surface area contributed by atoms with Crippen molar-refractivity contribution < 1.29 is 4.79 Å². The Labute approximate surface area is 180 Å². The van der Waals surface area contributed by atoms with E-state index in [9.17, 15) is 14.4 Å². The van der Waals surface area contributed by atoms with Gasteiger partial charge in [0.15, 0.2) is 5.52 Å². The molecule has 3 aromatic rings. The van der Waals surface area contributed by atoms with Gasteiger partial charge in [-0.3, -0.25) is 23.4 Å². The van der Waals surface area contributed by atoms with Crippen LogP contribution in [0.25, 0.3) is 11.0 Å². The molecular weight excluding hydrogens is 394 g/mol. The Hall–Kier alpha value is -3.16. The maximum atomic E-state index is 13.4. The summed E-state index contributed by atoms with van der Waals surface area (Å²) in [4.78, 5) is 41.5. The fourth-order valence-corrected chi connectivity index (χ4v) is 4.40. The van der Waals surface area contributed by atoms with E-state index in [4.69, 9.17) is 0 Å². The summed E-state index contributed by atoms with van der Waals surface area (Å²) in [5.74, 6) is -0.0833. The summed E-state index contributed by atoms with van der Waals surface area (Å²) in [7, 11) is 0. The van der Waals surface area contributed by atoms with E-state index in [1.165, 1.54) is 9.13 Å². The molecule has 1 aliphatic rings. The van der Waals surface area contributed by atoms with Crippen LogP contribution in [0.15, 0.2) is 39.9 Å². The van der Waals surface area contributed by atoms with Crippen molar-refractivity contribution in [3.05, 3.63) is 62.4 Å². The topological polar surface area (TPSA) is 82.1 Å². The van der Waals surface area contributed by atoms with E-state index in [0.29, 0.717) is 29.7 Å². The van der Waals surface area contributed by atoms with Crippen LogP contribution in [0, 0.1) is 6.92 Å². The molecule has 8 nitrogen and oxygen atoms in total. The Balaban J connectivity index is 1.79. The number of nitrogens with zero attached hydrogens (tertiary/aromatic N) is 5. The van der Waals surface area contributed by atoms with Crippen LogP contribution in [-0.2, 0) is 30.8 Å². The molecule has 31 heavy (non-hydrogen) atoms. The molecule has 1 aliphatic heterocycles. The SMILES string of the molecule is CCn1nc(C)c2c1c(=O)n(CCc1ccccc1)c(=O)n2CC(=O)N1CCCCC1. The summed E-state index contributed by atoms with van der Waals surface area (Å²) in [6, 6.07) is 9.76. The van der Waals surface area contributed by atoms with Crippen LogP contribution >= 0.6 is 0 Å². The molecule has 0 bridgehead atoms. The molecule has 2 aromatic heterocycles. The van der Waals surface area contributed by atoms with Gasteiger partial charge in [-0.05, 0) is 45.1 Å². The lowest BCUT2D eigenvalue weighted by atomic mass is 10.1. The lowest BCUT2D eigenvalue weighted by molar-refractivity contribution is -0.132. The highest BCUT2D eigenvalue weighted by molar-refractivity contribution is 5.81. The van der Waals surface area contributed by atoms with Gasteiger partial charge >= 0.3 is 5.69 Å². The molecule has 3 heterocycles. The fourth-order valence-electron chi connectivity index (χ4n) is 4.40. The van der Waals surface area contributed by atoms with Crippen molar-refractivity contribution in [2.75, 3.05) is 13.1 Å². The van der Waals surface area contributed by atoms with Crippen LogP contribution in [-0.4, -0.2) is 42.8 Å². The van der Waals surface area contributed by atoms with E-state index in [1.807, 2.05) is 42.2 Å². The first-order valence-electron chi connectivity index (χ1n) is 11.0. The first kappa shape index (κ1) is 21.1. The van der Waals surface area contributed by atoms with Gasteiger partial charge in [0.2, 0.25) is 5.91 Å². The Morgan fingerprint density at radius 1 is 1.00 bits per heavy atom. The Bertz CT molecular complexity index is 1200. The first-order valence-corrected chi connectivity index (χ1v) is 11.0. The molecule has 4 rings (SSSR count). The van der Waals surface area contributed by atoms with Gasteiger partial charge in [-0.15, -0.1) is 0 Å². The van der Waals surface area contributed by atoms with Crippen molar-refractivity contribution in [1.29, 1.82) is 0 Å². The number of carbonyl (C=O) groups is 1. The summed E-state index contributed by atoms with van der Waals surface area (Å²) in [6.07, 6.45) is 3.65. The molecule has 0 N–H and O–H groups in total. The van der Waals surface area contributed by atoms with Gasteiger partial charge in [0.1, 0.15) is 12.1 Å². The quantitative estimate of drug-likeness (QED) is 0.607. The summed E-state index contributed by atoms with van der Waals surface area (Å²) in [5, 5.41) is 4.47. The van der Waals surface area contributed by atoms with E-state index < -0.39 is 5.69 Å². The van der Waals surface area contributed by atoms with Crippen LogP contribution in [0.2, 0.25) is 0 Å². The third-order valence-electron chi connectivity index (χ3n) is 6.04. The number of hydrogen-bond acceptors (Lipinski definition) is 4. The normalized spacial score (nSPS) is 14.3. The minimum atomic E-state index is -0.447. The van der Waals surface area contributed by atoms with Crippen LogP contribution in [0.5, 0.6) is 0 Å². The minimum Gasteiger partial charge on any atom is -0.341 e. The highest BCUT2D eigenvalue weighted by Gasteiger charge is 2.24. The predicted octanol–water partition coefficient (Wildman–Crippen LogP) is 1.94. The van der Waals surface area contributed by atoms with Crippen LogP contribution in [0.1, 0.15) is 37.4 Å². The number of aromatic nitrogens is 4. The molecule has 1 fully saturated rings. The van der Waals surface area contributed by atoms with Crippen molar-refractivity contribution in [2.45, 2.75) is 59.2 Å². The summed E-state index contributed by atoms with van der Waals surface area (Å²) in [5.41, 5.74) is 1.70. The Morgan fingerprint density at radius 2 is 1.71 bits per heavy atom. The molecule has 1 amide bonds. The molecule has 164 valence electrons. The number of benzene rings is 1. The number of likely N-dealkylation sites (tertiary alicyclic amines) is 1. The second-order valence-electron chi connectivity index (χ2n) is 8.10. The number of rotatable bonds is 6. The monoisotopic (exact) mass is 423 g/mol. The standard InChI is InChI=1S/C23H29N5O3/c1-3-28-21-20(17(2)24-28)27(16-19(29)25-13-8-5-9-14-25)23(31)26(22(21)30)15-12-18-10-6-4-7-11-18/h4,6-7,10-11H,3,5,8-9,12-16H2,1-2H3. The van der Waals surface area contributed by atoms with E-state index in [-0.39, 0.29) is 24.6 Å². The fraction of sp³-hybridized carbons (Fsp3) is 0.478. The van der Waals surface area contributed by atoms with Gasteiger partial charge in [-0.1, -0.05) is 30.3 Å². The number of aryl methyl sites for hydroxylation is 3. The highest BCUT2D eigenvalue weighted by Crippen LogP contribution is 2.15. The maximum Gasteiger partial charge on any atom is 0.332 e. The van der Waals surface area contributed by atoms with Crippen LogP contribution in [0.4, 0.5) is 0 Å². The molecule has 1 saturated heterocycles. The summed E-state index contributed by atoms with van der Waals surface area (Å²) >= 11 is 0. The number of carbonyl (C=O) groups excluding carboxylic acids is 1. The third-order valence-corrected chi connectivity index (χ3v) is 6.04. The minimum absolute atomic E-state index is 0.0722. The van der Waals surface area contributed by atoms with E-state index >= 15 is 0 Å². The van der Waals surface area contributed by atoms with Gasteiger partial charge in [-0.2, -0.15) is 5.10 Å². The number of piperidine rings is 1. The van der Waals surface area contributed by atoms with Crippen molar-refractivity contribution >= 4 is 16.9 Å². The zero-order chi connectivity index (χ0) is 22.0. The molecule has 8 heteroatoms. The van der Waals surface area contributed by atoms with Crippen molar-refractivity contribution in [3.63, 3.8) is 0 Å².